The fourth-order valence-electron chi connectivity index (χ4n) is 2.68. The molecule has 1 unspecified atom stereocenters. The molecule has 0 heterocycles. The summed E-state index contributed by atoms with van der Waals surface area (Å²) < 4.78 is 29.1. The highest BCUT2D eigenvalue weighted by molar-refractivity contribution is 7.86. The molecule has 6 heteroatoms. The maximum Gasteiger partial charge on any atom is 0.358 e. The van der Waals surface area contributed by atoms with Gasteiger partial charge < -0.3 is 0 Å². The van der Waals surface area contributed by atoms with Crippen LogP contribution in [0.4, 0.5) is 0 Å². The molecule has 1 aliphatic carbocycles. The van der Waals surface area contributed by atoms with E-state index in [4.69, 9.17) is 4.28 Å². The highest BCUT2D eigenvalue weighted by Crippen LogP contribution is 2.21. The monoisotopic (exact) mass is 334 g/mol. The lowest BCUT2D eigenvalue weighted by molar-refractivity contribution is 0.333. The third-order valence-electron chi connectivity index (χ3n) is 4.02. The van der Waals surface area contributed by atoms with Crippen LogP contribution in [0.3, 0.4) is 0 Å². The Morgan fingerprint density at radius 3 is 2.39 bits per heavy atom. The minimum absolute atomic E-state index is 0.0673. The van der Waals surface area contributed by atoms with Crippen molar-refractivity contribution in [1.82, 2.24) is 0 Å². The summed E-state index contributed by atoms with van der Waals surface area (Å²) in [6, 6.07) is 10.2. The first-order chi connectivity index (χ1) is 11.1. The average molecular weight is 334 g/mol. The van der Waals surface area contributed by atoms with Gasteiger partial charge in [0.25, 0.3) is 0 Å². The summed E-state index contributed by atoms with van der Waals surface area (Å²) in [6.07, 6.45) is 7.75. The van der Waals surface area contributed by atoms with Crippen molar-refractivity contribution in [3.8, 4) is 6.07 Å². The van der Waals surface area contributed by atoms with Crippen LogP contribution in [0.2, 0.25) is 0 Å². The van der Waals surface area contributed by atoms with Crippen molar-refractivity contribution in [2.75, 3.05) is 0 Å². The zero-order chi connectivity index (χ0) is 16.5. The smallest absolute Gasteiger partial charge is 0.265 e. The zero-order valence-electron chi connectivity index (χ0n) is 13.1. The fourth-order valence-corrected chi connectivity index (χ4v) is 3.45. The van der Waals surface area contributed by atoms with Gasteiger partial charge in [-0.15, -0.1) is 0 Å². The minimum atomic E-state index is -3.93. The van der Waals surface area contributed by atoms with Gasteiger partial charge in [-0.3, -0.25) is 4.28 Å². The van der Waals surface area contributed by atoms with Crippen molar-refractivity contribution < 1.29 is 12.7 Å². The van der Waals surface area contributed by atoms with E-state index in [2.05, 4.69) is 11.2 Å². The summed E-state index contributed by atoms with van der Waals surface area (Å²) in [5.74, 6) is -0.362. The van der Waals surface area contributed by atoms with E-state index in [1.807, 2.05) is 0 Å². The second kappa shape index (κ2) is 8.68. The van der Waals surface area contributed by atoms with E-state index in [1.165, 1.54) is 25.0 Å². The molecule has 0 saturated heterocycles. The first kappa shape index (κ1) is 17.5. The maximum absolute atomic E-state index is 12.1. The van der Waals surface area contributed by atoms with Crippen molar-refractivity contribution in [2.24, 2.45) is 11.1 Å². The van der Waals surface area contributed by atoms with E-state index in [0.717, 1.165) is 25.7 Å². The summed E-state index contributed by atoms with van der Waals surface area (Å²) in [4.78, 5) is 0.0673. The molecule has 1 aliphatic rings. The van der Waals surface area contributed by atoms with Gasteiger partial charge in [-0.2, -0.15) is 13.7 Å². The molecule has 1 saturated carbocycles. The maximum atomic E-state index is 12.1. The van der Waals surface area contributed by atoms with Gasteiger partial charge in [0.15, 0.2) is 0 Å². The van der Waals surface area contributed by atoms with E-state index in [9.17, 15) is 13.7 Å². The lowest BCUT2D eigenvalue weighted by Gasteiger charge is -2.14. The van der Waals surface area contributed by atoms with Gasteiger partial charge in [0.05, 0.1) is 17.7 Å². The topological polar surface area (TPSA) is 79.5 Å². The van der Waals surface area contributed by atoms with Crippen LogP contribution in [0.1, 0.15) is 51.4 Å². The molecule has 0 amide bonds. The van der Waals surface area contributed by atoms with Crippen LogP contribution >= 0.6 is 0 Å². The SMILES string of the molecule is N#CC1CCCCCCCCC1=NOS(=O)(=O)c1ccccc1. The summed E-state index contributed by atoms with van der Waals surface area (Å²) in [6.45, 7) is 0. The quantitative estimate of drug-likeness (QED) is 0.782. The molecule has 0 N–H and O–H groups in total. The van der Waals surface area contributed by atoms with Gasteiger partial charge in [0.2, 0.25) is 0 Å². The Labute approximate surface area is 138 Å². The van der Waals surface area contributed by atoms with Crippen molar-refractivity contribution in [2.45, 2.75) is 56.3 Å². The summed E-state index contributed by atoms with van der Waals surface area (Å²) in [7, 11) is -3.93. The van der Waals surface area contributed by atoms with E-state index < -0.39 is 10.1 Å². The Hall–Kier alpha value is -1.87. The van der Waals surface area contributed by atoms with Gasteiger partial charge in [0.1, 0.15) is 4.90 Å². The van der Waals surface area contributed by atoms with Crippen molar-refractivity contribution in [1.29, 1.82) is 5.26 Å². The molecule has 5 nitrogen and oxygen atoms in total. The molecule has 1 aromatic rings. The highest BCUT2D eigenvalue weighted by atomic mass is 32.2. The standard InChI is InChI=1S/C17H22N2O3S/c18-14-15-10-6-3-1-2-4-9-13-17(15)19-22-23(20,21)16-11-7-5-8-12-16/h5,7-8,11-12,15H,1-4,6,9-10,13H2. The van der Waals surface area contributed by atoms with Crippen molar-refractivity contribution in [3.05, 3.63) is 30.3 Å². The number of hydrogen-bond donors (Lipinski definition) is 0. The molecule has 0 radical (unpaired) electrons. The molecule has 124 valence electrons. The predicted octanol–water partition coefficient (Wildman–Crippen LogP) is 4.02. The molecule has 0 aromatic heterocycles. The van der Waals surface area contributed by atoms with E-state index in [0.29, 0.717) is 18.6 Å². The zero-order valence-corrected chi connectivity index (χ0v) is 14.0. The van der Waals surface area contributed by atoms with Gasteiger partial charge >= 0.3 is 10.1 Å². The van der Waals surface area contributed by atoms with Crippen LogP contribution < -0.4 is 0 Å². The van der Waals surface area contributed by atoms with Gasteiger partial charge in [-0.25, -0.2) is 0 Å². The third kappa shape index (κ3) is 5.36. The highest BCUT2D eigenvalue weighted by Gasteiger charge is 2.20. The average Bonchev–Trinajstić information content (AvgIpc) is 2.58. The first-order valence-electron chi connectivity index (χ1n) is 8.08. The molecule has 1 aromatic carbocycles. The number of rotatable bonds is 3. The number of nitrogens with zero attached hydrogens (tertiary/aromatic N) is 2. The normalized spacial score (nSPS) is 22.2. The van der Waals surface area contributed by atoms with Crippen LogP contribution in [0, 0.1) is 17.2 Å². The van der Waals surface area contributed by atoms with Crippen molar-refractivity contribution >= 4 is 15.8 Å². The van der Waals surface area contributed by atoms with Gasteiger partial charge in [-0.05, 0) is 31.4 Å². The van der Waals surface area contributed by atoms with Crippen LogP contribution in [0.25, 0.3) is 0 Å². The Balaban J connectivity index is 2.14. The minimum Gasteiger partial charge on any atom is -0.265 e. The Kier molecular flexibility index (Phi) is 6.60. The Morgan fingerprint density at radius 1 is 1.04 bits per heavy atom. The molecule has 23 heavy (non-hydrogen) atoms. The third-order valence-corrected chi connectivity index (χ3v) is 5.14. The van der Waals surface area contributed by atoms with Crippen molar-refractivity contribution in [3.63, 3.8) is 0 Å². The second-order valence-corrected chi connectivity index (χ2v) is 7.29. The molecule has 1 fully saturated rings. The molecule has 2 rings (SSSR count). The number of nitriles is 1. The van der Waals surface area contributed by atoms with Crippen LogP contribution in [0.5, 0.6) is 0 Å². The van der Waals surface area contributed by atoms with Crippen LogP contribution in [-0.4, -0.2) is 14.1 Å². The molecule has 0 bridgehead atoms. The number of oxime groups is 1. The number of benzene rings is 1. The summed E-state index contributed by atoms with van der Waals surface area (Å²) in [5.41, 5.74) is 0.550. The largest absolute Gasteiger partial charge is 0.358 e. The molecular weight excluding hydrogens is 312 g/mol. The molecule has 1 atom stereocenters. The number of hydrogen-bond acceptors (Lipinski definition) is 5. The van der Waals surface area contributed by atoms with E-state index >= 15 is 0 Å². The molecule has 0 aliphatic heterocycles. The lowest BCUT2D eigenvalue weighted by Crippen LogP contribution is -2.16. The van der Waals surface area contributed by atoms with Gasteiger partial charge in [0, 0.05) is 0 Å². The summed E-state index contributed by atoms with van der Waals surface area (Å²) >= 11 is 0. The Bertz CT molecular complexity index is 663. The van der Waals surface area contributed by atoms with E-state index in [1.54, 1.807) is 18.2 Å². The fraction of sp³-hybridized carbons (Fsp3) is 0.529. The first-order valence-corrected chi connectivity index (χ1v) is 9.49. The second-order valence-electron chi connectivity index (χ2n) is 5.77. The predicted molar refractivity (Wildman–Crippen MR) is 88.2 cm³/mol. The molecule has 0 spiro atoms. The van der Waals surface area contributed by atoms with Crippen LogP contribution in [-0.2, 0) is 14.4 Å². The Morgan fingerprint density at radius 2 is 1.70 bits per heavy atom. The van der Waals surface area contributed by atoms with E-state index in [-0.39, 0.29) is 10.8 Å². The van der Waals surface area contributed by atoms with Crippen LogP contribution in [0.15, 0.2) is 40.4 Å². The molecular formula is C17H22N2O3S. The van der Waals surface area contributed by atoms with Gasteiger partial charge in [-0.1, -0.05) is 55.5 Å². The lowest BCUT2D eigenvalue weighted by atomic mass is 9.91. The summed E-state index contributed by atoms with van der Waals surface area (Å²) in [5, 5.41) is 13.2.